The zero-order valence-corrected chi connectivity index (χ0v) is 8.21. The lowest BCUT2D eigenvalue weighted by molar-refractivity contribution is -0.119. The highest BCUT2D eigenvalue weighted by Crippen LogP contribution is 1.99. The van der Waals surface area contributed by atoms with Gasteiger partial charge in [0.2, 0.25) is 11.8 Å². The van der Waals surface area contributed by atoms with E-state index >= 15 is 0 Å². The molecule has 4 N–H and O–H groups in total. The lowest BCUT2D eigenvalue weighted by atomic mass is 10.3. The predicted octanol–water partition coefficient (Wildman–Crippen LogP) is -1.94. The van der Waals surface area contributed by atoms with E-state index in [2.05, 4.69) is 5.10 Å². The highest BCUT2D eigenvalue weighted by Gasteiger charge is 2.11. The molecule has 0 aliphatic heterocycles. The molecule has 82 valence electrons. The van der Waals surface area contributed by atoms with Crippen LogP contribution in [0.1, 0.15) is 0 Å². The fourth-order valence-electron chi connectivity index (χ4n) is 0.946. The fraction of sp³-hybridized carbons (Fsp3) is 0.375. The third kappa shape index (κ3) is 2.78. The van der Waals surface area contributed by atoms with Crippen molar-refractivity contribution in [2.45, 2.75) is 12.6 Å². The smallest absolute Gasteiger partial charge is 0.267 e. The maximum atomic E-state index is 11.3. The first-order valence-electron chi connectivity index (χ1n) is 4.21. The quantitative estimate of drug-likeness (QED) is 0.603. The molecule has 0 bridgehead atoms. The fourth-order valence-corrected chi connectivity index (χ4v) is 0.946. The Morgan fingerprint density at radius 1 is 1.67 bits per heavy atom. The molecule has 0 aliphatic rings. The van der Waals surface area contributed by atoms with Crippen LogP contribution in [-0.2, 0) is 11.3 Å². The topological polar surface area (TPSA) is 113 Å². The number of carbonyl (C=O) groups excluding carboxylic acids is 1. The first-order valence-corrected chi connectivity index (χ1v) is 4.21. The number of rotatable bonds is 4. The minimum Gasteiger partial charge on any atom is -0.480 e. The maximum absolute atomic E-state index is 11.3. The van der Waals surface area contributed by atoms with E-state index in [9.17, 15) is 9.59 Å². The molecule has 0 saturated heterocycles. The molecule has 1 unspecified atom stereocenters. The Bertz CT molecular complexity index is 415. The van der Waals surface area contributed by atoms with Crippen molar-refractivity contribution in [1.29, 1.82) is 0 Å². The molecule has 0 fully saturated rings. The highest BCUT2D eigenvalue weighted by atomic mass is 16.5. The Morgan fingerprint density at radius 2 is 2.33 bits per heavy atom. The summed E-state index contributed by atoms with van der Waals surface area (Å²) in [4.78, 5) is 22.0. The van der Waals surface area contributed by atoms with Crippen molar-refractivity contribution in [1.82, 2.24) is 9.78 Å². The van der Waals surface area contributed by atoms with E-state index < -0.39 is 11.9 Å². The van der Waals surface area contributed by atoms with Crippen LogP contribution >= 0.6 is 0 Å². The van der Waals surface area contributed by atoms with Crippen molar-refractivity contribution in [2.24, 2.45) is 11.5 Å². The van der Waals surface area contributed by atoms with Gasteiger partial charge in [0.1, 0.15) is 6.04 Å². The van der Waals surface area contributed by atoms with Crippen LogP contribution in [0.25, 0.3) is 0 Å². The molecule has 1 amide bonds. The first-order chi connectivity index (χ1) is 7.04. The van der Waals surface area contributed by atoms with Gasteiger partial charge in [0.25, 0.3) is 5.56 Å². The van der Waals surface area contributed by atoms with Crippen LogP contribution in [0.5, 0.6) is 5.88 Å². The molecule has 0 aliphatic carbocycles. The van der Waals surface area contributed by atoms with Crippen LogP contribution in [0.3, 0.4) is 0 Å². The summed E-state index contributed by atoms with van der Waals surface area (Å²) in [6, 6.07) is 1.76. The molecular weight excluding hydrogens is 200 g/mol. The van der Waals surface area contributed by atoms with Crippen molar-refractivity contribution in [3.8, 4) is 5.88 Å². The van der Waals surface area contributed by atoms with Crippen molar-refractivity contribution >= 4 is 5.91 Å². The molecule has 15 heavy (non-hydrogen) atoms. The normalized spacial score (nSPS) is 12.1. The standard InChI is InChI=1S/C8H12N4O3/c1-15-6-2-3-7(13)12(11-6)4-5(9)8(10)14/h2-3,5H,4,9H2,1H3,(H2,10,14). The van der Waals surface area contributed by atoms with Gasteiger partial charge in [-0.05, 0) is 0 Å². The summed E-state index contributed by atoms with van der Waals surface area (Å²) in [5.41, 5.74) is 9.99. The molecular formula is C8H12N4O3. The Kier molecular flexibility index (Phi) is 3.40. The predicted molar refractivity (Wildman–Crippen MR) is 52.2 cm³/mol. The third-order valence-corrected chi connectivity index (χ3v) is 1.79. The van der Waals surface area contributed by atoms with E-state index in [0.29, 0.717) is 0 Å². The summed E-state index contributed by atoms with van der Waals surface area (Å²) >= 11 is 0. The number of nitrogens with zero attached hydrogens (tertiary/aromatic N) is 2. The summed E-state index contributed by atoms with van der Waals surface area (Å²) in [5.74, 6) is -0.419. The lowest BCUT2D eigenvalue weighted by Crippen LogP contribution is -2.42. The van der Waals surface area contributed by atoms with Gasteiger partial charge in [-0.1, -0.05) is 0 Å². The van der Waals surface area contributed by atoms with Gasteiger partial charge in [-0.2, -0.15) is 0 Å². The Morgan fingerprint density at radius 3 is 2.87 bits per heavy atom. The van der Waals surface area contributed by atoms with E-state index in [1.165, 1.54) is 19.2 Å². The van der Waals surface area contributed by atoms with Gasteiger partial charge in [0.05, 0.1) is 13.7 Å². The van der Waals surface area contributed by atoms with Gasteiger partial charge in [0, 0.05) is 12.1 Å². The van der Waals surface area contributed by atoms with Gasteiger partial charge in [-0.3, -0.25) is 9.59 Å². The summed E-state index contributed by atoms with van der Waals surface area (Å²) in [7, 11) is 1.42. The molecule has 1 rings (SSSR count). The number of nitrogens with two attached hydrogens (primary N) is 2. The number of ether oxygens (including phenoxy) is 1. The molecule has 1 aromatic rings. The molecule has 1 atom stereocenters. The minimum atomic E-state index is -0.942. The Labute approximate surface area is 85.6 Å². The third-order valence-electron chi connectivity index (χ3n) is 1.79. The minimum absolute atomic E-state index is 0.0641. The molecule has 0 spiro atoms. The zero-order chi connectivity index (χ0) is 11.4. The van der Waals surface area contributed by atoms with Crippen LogP contribution in [0.15, 0.2) is 16.9 Å². The number of methoxy groups -OCH3 is 1. The van der Waals surface area contributed by atoms with E-state index in [1.54, 1.807) is 0 Å². The van der Waals surface area contributed by atoms with Crippen molar-refractivity contribution in [3.05, 3.63) is 22.5 Å². The van der Waals surface area contributed by atoms with Crippen LogP contribution < -0.4 is 21.8 Å². The molecule has 7 nitrogen and oxygen atoms in total. The second-order valence-corrected chi connectivity index (χ2v) is 2.90. The molecule has 0 saturated carbocycles. The Hall–Kier alpha value is -1.89. The molecule has 0 aromatic carbocycles. The average molecular weight is 212 g/mol. The van der Waals surface area contributed by atoms with E-state index in [-0.39, 0.29) is 18.0 Å². The number of aromatic nitrogens is 2. The Balaban J connectivity index is 2.93. The van der Waals surface area contributed by atoms with Crippen molar-refractivity contribution in [3.63, 3.8) is 0 Å². The summed E-state index contributed by atoms with van der Waals surface area (Å²) in [5, 5.41) is 3.81. The largest absolute Gasteiger partial charge is 0.480 e. The maximum Gasteiger partial charge on any atom is 0.267 e. The van der Waals surface area contributed by atoms with Gasteiger partial charge in [-0.15, -0.1) is 5.10 Å². The second-order valence-electron chi connectivity index (χ2n) is 2.90. The first kappa shape index (κ1) is 11.2. The number of primary amides is 1. The van der Waals surface area contributed by atoms with Crippen LogP contribution in [0.4, 0.5) is 0 Å². The van der Waals surface area contributed by atoms with Gasteiger partial charge in [0.15, 0.2) is 0 Å². The monoisotopic (exact) mass is 212 g/mol. The van der Waals surface area contributed by atoms with Crippen LogP contribution in [0, 0.1) is 0 Å². The number of hydrogen-bond acceptors (Lipinski definition) is 5. The van der Waals surface area contributed by atoms with E-state index in [1.807, 2.05) is 0 Å². The summed E-state index contributed by atoms with van der Waals surface area (Å²) in [6.07, 6.45) is 0. The van der Waals surface area contributed by atoms with Gasteiger partial charge in [-0.25, -0.2) is 4.68 Å². The molecule has 0 radical (unpaired) electrons. The molecule has 1 aromatic heterocycles. The highest BCUT2D eigenvalue weighted by molar-refractivity contribution is 5.79. The number of carbonyl (C=O) groups is 1. The molecule has 7 heteroatoms. The van der Waals surface area contributed by atoms with Crippen LogP contribution in [0.2, 0.25) is 0 Å². The SMILES string of the molecule is COc1ccc(=O)n(CC(N)C(N)=O)n1. The van der Waals surface area contributed by atoms with Crippen LogP contribution in [-0.4, -0.2) is 28.8 Å². The van der Waals surface area contributed by atoms with E-state index in [4.69, 9.17) is 16.2 Å². The van der Waals surface area contributed by atoms with Crippen molar-refractivity contribution < 1.29 is 9.53 Å². The second kappa shape index (κ2) is 4.56. The zero-order valence-electron chi connectivity index (χ0n) is 8.21. The summed E-state index contributed by atoms with van der Waals surface area (Å²) in [6.45, 7) is -0.0641. The van der Waals surface area contributed by atoms with Gasteiger partial charge < -0.3 is 16.2 Å². The van der Waals surface area contributed by atoms with Crippen molar-refractivity contribution in [2.75, 3.05) is 7.11 Å². The number of hydrogen-bond donors (Lipinski definition) is 2. The van der Waals surface area contributed by atoms with E-state index in [0.717, 1.165) is 4.68 Å². The average Bonchev–Trinajstić information content (AvgIpc) is 2.21. The number of amides is 1. The molecule has 1 heterocycles. The lowest BCUT2D eigenvalue weighted by Gasteiger charge is -2.09. The summed E-state index contributed by atoms with van der Waals surface area (Å²) < 4.78 is 5.86. The van der Waals surface area contributed by atoms with Gasteiger partial charge >= 0.3 is 0 Å².